The number of nitrogens with zero attached hydrogens (tertiary/aromatic N) is 2. The summed E-state index contributed by atoms with van der Waals surface area (Å²) in [6.07, 6.45) is 1.53. The van der Waals surface area contributed by atoms with Crippen molar-refractivity contribution in [1.82, 2.24) is 9.97 Å². The Hall–Kier alpha value is -1.49. The number of aryl methyl sites for hydroxylation is 1. The summed E-state index contributed by atoms with van der Waals surface area (Å²) in [5.41, 5.74) is 5.78. The van der Waals surface area contributed by atoms with Gasteiger partial charge in [-0.15, -0.1) is 0 Å². The summed E-state index contributed by atoms with van der Waals surface area (Å²) in [7, 11) is 0. The average Bonchev–Trinajstić information content (AvgIpc) is 2.04. The van der Waals surface area contributed by atoms with Gasteiger partial charge in [-0.05, 0) is 13.0 Å². The molecule has 0 aliphatic carbocycles. The van der Waals surface area contributed by atoms with Gasteiger partial charge < -0.3 is 10.8 Å². The molecule has 0 saturated heterocycles. The monoisotopic (exact) mass is 181 g/mol. The van der Waals surface area contributed by atoms with Crippen LogP contribution in [0.15, 0.2) is 12.3 Å². The minimum absolute atomic E-state index is 0.0474. The normalized spacial score (nSPS) is 12.5. The van der Waals surface area contributed by atoms with Crippen molar-refractivity contribution in [1.29, 1.82) is 0 Å². The van der Waals surface area contributed by atoms with Crippen LogP contribution in [0.4, 0.5) is 0 Å². The highest BCUT2D eigenvalue weighted by molar-refractivity contribution is 5.75. The van der Waals surface area contributed by atoms with E-state index in [9.17, 15) is 4.79 Å². The number of aromatic nitrogens is 2. The largest absolute Gasteiger partial charge is 0.481 e. The Morgan fingerprint density at radius 1 is 1.77 bits per heavy atom. The molecule has 0 spiro atoms. The molecule has 0 fully saturated rings. The van der Waals surface area contributed by atoms with Crippen molar-refractivity contribution in [2.45, 2.75) is 12.8 Å². The van der Waals surface area contributed by atoms with Crippen molar-refractivity contribution in [2.24, 2.45) is 5.73 Å². The van der Waals surface area contributed by atoms with Crippen LogP contribution in [0, 0.1) is 6.92 Å². The van der Waals surface area contributed by atoms with Crippen LogP contribution in [-0.4, -0.2) is 27.6 Å². The van der Waals surface area contributed by atoms with E-state index in [1.807, 2.05) is 0 Å². The van der Waals surface area contributed by atoms with Gasteiger partial charge in [0.05, 0.1) is 5.69 Å². The molecule has 1 unspecified atom stereocenters. The Balaban J connectivity index is 2.98. The Kier molecular flexibility index (Phi) is 2.92. The molecule has 0 radical (unpaired) electrons. The summed E-state index contributed by atoms with van der Waals surface area (Å²) < 4.78 is 0. The van der Waals surface area contributed by atoms with Gasteiger partial charge in [0, 0.05) is 12.7 Å². The topological polar surface area (TPSA) is 89.1 Å². The first-order valence-electron chi connectivity index (χ1n) is 3.87. The van der Waals surface area contributed by atoms with Gasteiger partial charge in [-0.25, -0.2) is 9.97 Å². The lowest BCUT2D eigenvalue weighted by Gasteiger charge is -2.08. The molecular formula is C8H11N3O2. The third-order valence-electron chi connectivity index (χ3n) is 1.69. The highest BCUT2D eigenvalue weighted by Gasteiger charge is 2.19. The van der Waals surface area contributed by atoms with Crippen molar-refractivity contribution in [3.63, 3.8) is 0 Å². The summed E-state index contributed by atoms with van der Waals surface area (Å²) in [5.74, 6) is -1.14. The fourth-order valence-electron chi connectivity index (χ4n) is 1.02. The predicted octanol–water partition coefficient (Wildman–Crippen LogP) is -0.0881. The van der Waals surface area contributed by atoms with E-state index in [1.54, 1.807) is 13.0 Å². The molecule has 0 bridgehead atoms. The van der Waals surface area contributed by atoms with Crippen LogP contribution in [-0.2, 0) is 4.79 Å². The zero-order valence-corrected chi connectivity index (χ0v) is 7.27. The van der Waals surface area contributed by atoms with Gasteiger partial charge in [-0.1, -0.05) is 0 Å². The maximum atomic E-state index is 10.7. The van der Waals surface area contributed by atoms with Crippen LogP contribution in [0.1, 0.15) is 17.4 Å². The summed E-state index contributed by atoms with van der Waals surface area (Å²) in [5, 5.41) is 8.78. The molecule has 1 heterocycles. The first-order chi connectivity index (χ1) is 6.15. The molecule has 1 aromatic rings. The molecule has 70 valence electrons. The molecule has 0 amide bonds. The fourth-order valence-corrected chi connectivity index (χ4v) is 1.02. The average molecular weight is 181 g/mol. The number of hydrogen-bond donors (Lipinski definition) is 2. The van der Waals surface area contributed by atoms with E-state index in [4.69, 9.17) is 10.8 Å². The molecule has 0 aliphatic rings. The Labute approximate surface area is 75.6 Å². The maximum Gasteiger partial charge on any atom is 0.313 e. The van der Waals surface area contributed by atoms with Crippen molar-refractivity contribution in [3.8, 4) is 0 Å². The number of nitrogens with two attached hydrogens (primary N) is 1. The molecule has 0 aliphatic heterocycles. The van der Waals surface area contributed by atoms with E-state index in [0.29, 0.717) is 11.5 Å². The molecule has 1 aromatic heterocycles. The molecule has 5 nitrogen and oxygen atoms in total. The van der Waals surface area contributed by atoms with Gasteiger partial charge >= 0.3 is 5.97 Å². The Morgan fingerprint density at radius 3 is 2.92 bits per heavy atom. The lowest BCUT2D eigenvalue weighted by molar-refractivity contribution is -0.138. The molecular weight excluding hydrogens is 170 g/mol. The maximum absolute atomic E-state index is 10.7. The minimum atomic E-state index is -0.958. The number of rotatable bonds is 3. The zero-order valence-electron chi connectivity index (χ0n) is 7.27. The predicted molar refractivity (Wildman–Crippen MR) is 46.2 cm³/mol. The van der Waals surface area contributed by atoms with Crippen LogP contribution in [0.3, 0.4) is 0 Å². The van der Waals surface area contributed by atoms with Crippen LogP contribution < -0.4 is 5.73 Å². The highest BCUT2D eigenvalue weighted by atomic mass is 16.4. The van der Waals surface area contributed by atoms with E-state index in [1.165, 1.54) is 6.20 Å². The molecule has 0 aromatic carbocycles. The Bertz CT molecular complexity index is 314. The summed E-state index contributed by atoms with van der Waals surface area (Å²) in [4.78, 5) is 18.6. The van der Waals surface area contributed by atoms with E-state index >= 15 is 0 Å². The number of hydrogen-bond acceptors (Lipinski definition) is 4. The third-order valence-corrected chi connectivity index (χ3v) is 1.69. The highest BCUT2D eigenvalue weighted by Crippen LogP contribution is 2.10. The number of carboxylic acids is 1. The molecule has 13 heavy (non-hydrogen) atoms. The van der Waals surface area contributed by atoms with Crippen molar-refractivity contribution >= 4 is 5.97 Å². The smallest absolute Gasteiger partial charge is 0.313 e. The zero-order chi connectivity index (χ0) is 9.84. The van der Waals surface area contributed by atoms with Gasteiger partial charge in [0.15, 0.2) is 0 Å². The minimum Gasteiger partial charge on any atom is -0.481 e. The SMILES string of the molecule is Cc1nccc(C(CN)C(=O)O)n1. The molecule has 1 atom stereocenters. The van der Waals surface area contributed by atoms with E-state index in [0.717, 1.165) is 0 Å². The quantitative estimate of drug-likeness (QED) is 0.680. The number of aliphatic carboxylic acids is 1. The summed E-state index contributed by atoms with van der Waals surface area (Å²) >= 11 is 0. The molecule has 1 rings (SSSR count). The van der Waals surface area contributed by atoms with Crippen LogP contribution in [0.2, 0.25) is 0 Å². The van der Waals surface area contributed by atoms with Crippen molar-refractivity contribution in [3.05, 3.63) is 23.8 Å². The first kappa shape index (κ1) is 9.60. The first-order valence-corrected chi connectivity index (χ1v) is 3.87. The summed E-state index contributed by atoms with van der Waals surface area (Å²) in [6, 6.07) is 1.57. The van der Waals surface area contributed by atoms with E-state index in [-0.39, 0.29) is 6.54 Å². The van der Waals surface area contributed by atoms with E-state index < -0.39 is 11.9 Å². The summed E-state index contributed by atoms with van der Waals surface area (Å²) in [6.45, 7) is 1.75. The molecule has 0 saturated carbocycles. The lowest BCUT2D eigenvalue weighted by Crippen LogP contribution is -2.22. The van der Waals surface area contributed by atoms with Crippen LogP contribution in [0.5, 0.6) is 0 Å². The second kappa shape index (κ2) is 3.95. The van der Waals surface area contributed by atoms with Crippen molar-refractivity contribution < 1.29 is 9.90 Å². The van der Waals surface area contributed by atoms with Gasteiger partial charge in [0.2, 0.25) is 0 Å². The number of carbonyl (C=O) groups is 1. The van der Waals surface area contributed by atoms with Crippen LogP contribution >= 0.6 is 0 Å². The van der Waals surface area contributed by atoms with Gasteiger partial charge in [-0.3, -0.25) is 4.79 Å². The second-order valence-electron chi connectivity index (χ2n) is 2.66. The molecule has 5 heteroatoms. The van der Waals surface area contributed by atoms with Crippen molar-refractivity contribution in [2.75, 3.05) is 6.54 Å². The lowest BCUT2D eigenvalue weighted by atomic mass is 10.1. The second-order valence-corrected chi connectivity index (χ2v) is 2.66. The number of carboxylic acid groups (broad SMARTS) is 1. The molecule has 3 N–H and O–H groups in total. The van der Waals surface area contributed by atoms with Crippen LogP contribution in [0.25, 0.3) is 0 Å². The van der Waals surface area contributed by atoms with Gasteiger partial charge in [-0.2, -0.15) is 0 Å². The van der Waals surface area contributed by atoms with Gasteiger partial charge in [0.1, 0.15) is 11.7 Å². The van der Waals surface area contributed by atoms with Gasteiger partial charge in [0.25, 0.3) is 0 Å². The standard InChI is InChI=1S/C8H11N3O2/c1-5-10-3-2-7(11-5)6(4-9)8(12)13/h2-3,6H,4,9H2,1H3,(H,12,13). The fraction of sp³-hybridized carbons (Fsp3) is 0.375. The third kappa shape index (κ3) is 2.22. The Morgan fingerprint density at radius 2 is 2.46 bits per heavy atom. The van der Waals surface area contributed by atoms with E-state index in [2.05, 4.69) is 9.97 Å².